The van der Waals surface area contributed by atoms with Crippen LogP contribution in [0.15, 0.2) is 34.3 Å². The summed E-state index contributed by atoms with van der Waals surface area (Å²) < 4.78 is 16.3. The monoisotopic (exact) mass is 546 g/mol. The molecule has 0 saturated carbocycles. The highest BCUT2D eigenvalue weighted by Crippen LogP contribution is 2.46. The highest BCUT2D eigenvalue weighted by molar-refractivity contribution is 9.18. The van der Waals surface area contributed by atoms with Crippen molar-refractivity contribution in [3.63, 3.8) is 0 Å². The fourth-order valence-corrected chi connectivity index (χ4v) is 5.69. The zero-order chi connectivity index (χ0) is 25.1. The van der Waals surface area contributed by atoms with Gasteiger partial charge in [0, 0.05) is 37.3 Å². The molecule has 0 unspecified atom stereocenters. The number of nitrogens with zero attached hydrogens (tertiary/aromatic N) is 3. The second-order valence-corrected chi connectivity index (χ2v) is 10.3. The quantitative estimate of drug-likeness (QED) is 0.614. The summed E-state index contributed by atoms with van der Waals surface area (Å²) in [7, 11) is 0. The lowest BCUT2D eigenvalue weighted by Crippen LogP contribution is -2.52. The van der Waals surface area contributed by atoms with E-state index in [-0.39, 0.29) is 36.0 Å². The molecule has 1 aromatic heterocycles. The van der Waals surface area contributed by atoms with Crippen LogP contribution in [-0.4, -0.2) is 49.2 Å². The van der Waals surface area contributed by atoms with Gasteiger partial charge in [-0.25, -0.2) is 4.39 Å². The minimum absolute atomic E-state index is 0.136. The topological polar surface area (TPSA) is 113 Å². The van der Waals surface area contributed by atoms with Crippen molar-refractivity contribution in [2.45, 2.75) is 57.3 Å². The first-order valence-electron chi connectivity index (χ1n) is 11.3. The van der Waals surface area contributed by atoms with E-state index in [1.165, 1.54) is 16.8 Å². The normalized spacial score (nSPS) is 25.1. The molecule has 4 heterocycles. The van der Waals surface area contributed by atoms with E-state index >= 15 is 0 Å². The van der Waals surface area contributed by atoms with Gasteiger partial charge in [-0.15, -0.1) is 0 Å². The van der Waals surface area contributed by atoms with Crippen LogP contribution in [0.25, 0.3) is 0 Å². The first-order chi connectivity index (χ1) is 16.6. The molecular formula is C24H24BrFN4O5. The molecule has 5 rings (SSSR count). The number of fused-ring (bicyclic) bond motifs is 5. The Kier molecular flexibility index (Phi) is 5.70. The molecule has 9 nitrogen and oxygen atoms in total. The highest BCUT2D eigenvalue weighted by Gasteiger charge is 2.54. The van der Waals surface area contributed by atoms with Crippen molar-refractivity contribution in [2.75, 3.05) is 6.54 Å². The summed E-state index contributed by atoms with van der Waals surface area (Å²) in [5, 5.41) is 17.4. The number of hydrogen-bond acceptors (Lipinski definition) is 6. The Balaban J connectivity index is 1.55. The summed E-state index contributed by atoms with van der Waals surface area (Å²) in [6.07, 6.45) is 2.98. The molecule has 1 fully saturated rings. The number of carbonyl (C=O) groups is 2. The SMILES string of the molecule is Cc1ccc(CNC(=O)c2cn3c(c(O)c2=O)C(=O)N2C[C@@H]3[C@]3(CC[C@@H]2C)CC(Br)=NO3)c(F)c1. The zero-order valence-corrected chi connectivity index (χ0v) is 20.8. The number of carbonyl (C=O) groups excluding carboxylic acids is 2. The number of nitrogens with one attached hydrogen (secondary N) is 1. The van der Waals surface area contributed by atoms with Crippen LogP contribution in [0.2, 0.25) is 0 Å². The molecule has 184 valence electrons. The maximum absolute atomic E-state index is 14.2. The number of benzene rings is 1. The second-order valence-electron chi connectivity index (χ2n) is 9.42. The van der Waals surface area contributed by atoms with Crippen LogP contribution >= 0.6 is 15.9 Å². The van der Waals surface area contributed by atoms with E-state index < -0.39 is 40.5 Å². The number of pyridine rings is 1. The standard InChI is InChI=1S/C24H24BrFN4O5/c1-12-3-4-14(16(26)7-12)9-27-22(33)15-10-30-17-11-29(23(34)19(30)21(32)20(15)31)13(2)5-6-24(17)8-18(25)28-35-24/h3-4,7,10,13,17,32H,5-6,8-9,11H2,1-2H3,(H,27,33)/t13-,17+,24-/m0/s1. The van der Waals surface area contributed by atoms with E-state index in [0.717, 1.165) is 5.56 Å². The summed E-state index contributed by atoms with van der Waals surface area (Å²) in [6.45, 7) is 3.80. The van der Waals surface area contributed by atoms with Gasteiger partial charge in [0.25, 0.3) is 11.8 Å². The van der Waals surface area contributed by atoms with Gasteiger partial charge in [-0.1, -0.05) is 17.3 Å². The number of aromatic hydroxyl groups is 1. The zero-order valence-electron chi connectivity index (χ0n) is 19.2. The lowest BCUT2D eigenvalue weighted by Gasteiger charge is -2.41. The first kappa shape index (κ1) is 23.5. The van der Waals surface area contributed by atoms with Crippen LogP contribution in [0.5, 0.6) is 5.75 Å². The number of oxime groups is 1. The van der Waals surface area contributed by atoms with Gasteiger partial charge in [-0.05, 0) is 54.2 Å². The van der Waals surface area contributed by atoms with E-state index in [9.17, 15) is 23.9 Å². The van der Waals surface area contributed by atoms with E-state index in [2.05, 4.69) is 26.4 Å². The van der Waals surface area contributed by atoms with Crippen LogP contribution in [0, 0.1) is 12.7 Å². The average molecular weight is 547 g/mol. The Morgan fingerprint density at radius 2 is 2.17 bits per heavy atom. The molecular weight excluding hydrogens is 523 g/mol. The molecule has 35 heavy (non-hydrogen) atoms. The maximum Gasteiger partial charge on any atom is 0.274 e. The molecule has 0 radical (unpaired) electrons. The molecule has 3 aliphatic heterocycles. The number of amides is 2. The van der Waals surface area contributed by atoms with E-state index in [1.54, 1.807) is 24.0 Å². The third-order valence-electron chi connectivity index (χ3n) is 7.17. The predicted octanol–water partition coefficient (Wildman–Crippen LogP) is 2.98. The Morgan fingerprint density at radius 3 is 2.86 bits per heavy atom. The number of halogens is 2. The summed E-state index contributed by atoms with van der Waals surface area (Å²) in [5.41, 5.74) is -1.28. The van der Waals surface area contributed by atoms with Crippen LogP contribution < -0.4 is 10.7 Å². The average Bonchev–Trinajstić information content (AvgIpc) is 3.14. The number of rotatable bonds is 3. The number of aryl methyl sites for hydroxylation is 1. The Labute approximate surface area is 208 Å². The van der Waals surface area contributed by atoms with Gasteiger partial charge in [0.15, 0.2) is 17.0 Å². The van der Waals surface area contributed by atoms with Crippen molar-refractivity contribution >= 4 is 32.4 Å². The van der Waals surface area contributed by atoms with Crippen LogP contribution in [-0.2, 0) is 11.4 Å². The lowest BCUT2D eigenvalue weighted by molar-refractivity contribution is -0.0655. The van der Waals surface area contributed by atoms with Gasteiger partial charge in [0.2, 0.25) is 5.43 Å². The van der Waals surface area contributed by atoms with Gasteiger partial charge < -0.3 is 24.7 Å². The van der Waals surface area contributed by atoms with E-state index in [4.69, 9.17) is 4.84 Å². The third kappa shape index (κ3) is 3.81. The van der Waals surface area contributed by atoms with Gasteiger partial charge in [0.05, 0.1) is 6.04 Å². The van der Waals surface area contributed by atoms with Gasteiger partial charge in [-0.3, -0.25) is 14.4 Å². The van der Waals surface area contributed by atoms with Crippen molar-refractivity contribution in [3.05, 3.63) is 62.8 Å². The molecule has 0 aliphatic carbocycles. The Bertz CT molecular complexity index is 1340. The molecule has 11 heteroatoms. The summed E-state index contributed by atoms with van der Waals surface area (Å²) in [6, 6.07) is 4.00. The Morgan fingerprint density at radius 1 is 1.40 bits per heavy atom. The maximum atomic E-state index is 14.2. The summed E-state index contributed by atoms with van der Waals surface area (Å²) >= 11 is 3.39. The lowest BCUT2D eigenvalue weighted by atomic mass is 9.86. The van der Waals surface area contributed by atoms with Crippen LogP contribution in [0.3, 0.4) is 0 Å². The number of aromatic nitrogens is 1. The van der Waals surface area contributed by atoms with Crippen molar-refractivity contribution in [3.8, 4) is 5.75 Å². The minimum Gasteiger partial charge on any atom is -0.503 e. The first-order valence-corrected chi connectivity index (χ1v) is 12.1. The molecule has 3 atom stereocenters. The molecule has 3 aliphatic rings. The van der Waals surface area contributed by atoms with E-state index in [1.807, 2.05) is 6.92 Å². The molecule has 1 saturated heterocycles. The number of hydrogen-bond donors (Lipinski definition) is 2. The highest BCUT2D eigenvalue weighted by atomic mass is 79.9. The van der Waals surface area contributed by atoms with Crippen molar-refractivity contribution in [1.82, 2.24) is 14.8 Å². The largest absolute Gasteiger partial charge is 0.503 e. The summed E-state index contributed by atoms with van der Waals surface area (Å²) in [4.78, 5) is 46.7. The molecule has 1 spiro atoms. The molecule has 2 aromatic rings. The second kappa shape index (κ2) is 8.47. The predicted molar refractivity (Wildman–Crippen MR) is 128 cm³/mol. The van der Waals surface area contributed by atoms with E-state index in [0.29, 0.717) is 23.9 Å². The summed E-state index contributed by atoms with van der Waals surface area (Å²) in [5.74, 6) is -2.52. The van der Waals surface area contributed by atoms with Crippen molar-refractivity contribution < 1.29 is 23.9 Å². The van der Waals surface area contributed by atoms with Crippen molar-refractivity contribution in [1.29, 1.82) is 0 Å². The van der Waals surface area contributed by atoms with Gasteiger partial charge >= 0.3 is 0 Å². The third-order valence-corrected chi connectivity index (χ3v) is 7.59. The van der Waals surface area contributed by atoms with Gasteiger partial charge in [-0.2, -0.15) is 0 Å². The van der Waals surface area contributed by atoms with Crippen LogP contribution in [0.1, 0.15) is 64.2 Å². The van der Waals surface area contributed by atoms with Crippen LogP contribution in [0.4, 0.5) is 4.39 Å². The minimum atomic E-state index is -0.960. The molecule has 1 aromatic carbocycles. The van der Waals surface area contributed by atoms with Gasteiger partial charge in [0.1, 0.15) is 16.0 Å². The molecule has 2 bridgehead atoms. The fraction of sp³-hybridized carbons (Fsp3) is 0.417. The Hall–Kier alpha value is -3.21. The van der Waals surface area contributed by atoms with Crippen molar-refractivity contribution in [2.24, 2.45) is 5.16 Å². The fourth-order valence-electron chi connectivity index (χ4n) is 5.14. The molecule has 2 amide bonds. The molecule has 2 N–H and O–H groups in total. The smallest absolute Gasteiger partial charge is 0.274 e.